The standard InChI is InChI=1S/C17H18FN3O4S/c18-15-6-7-16(21(22)23)17(12-15)19-8-10-20(11-9-19)26(24,25)13-14-4-2-1-3-5-14/h1-7,12H,8-11,13H2. The highest BCUT2D eigenvalue weighted by molar-refractivity contribution is 7.88. The Morgan fingerprint density at radius 2 is 1.69 bits per heavy atom. The molecule has 0 aromatic heterocycles. The first-order valence-electron chi connectivity index (χ1n) is 8.07. The molecule has 1 fully saturated rings. The first kappa shape index (κ1) is 18.3. The minimum Gasteiger partial charge on any atom is -0.363 e. The maximum atomic E-state index is 13.5. The van der Waals surface area contributed by atoms with Gasteiger partial charge < -0.3 is 4.90 Å². The number of halogens is 1. The lowest BCUT2D eigenvalue weighted by Gasteiger charge is -2.35. The SMILES string of the molecule is O=[N+]([O-])c1ccc(F)cc1N1CCN(S(=O)(=O)Cc2ccccc2)CC1. The quantitative estimate of drug-likeness (QED) is 0.588. The van der Waals surface area contributed by atoms with Crippen molar-refractivity contribution in [1.29, 1.82) is 0 Å². The highest BCUT2D eigenvalue weighted by Gasteiger charge is 2.29. The molecule has 1 aliphatic heterocycles. The van der Waals surface area contributed by atoms with Crippen LogP contribution in [-0.4, -0.2) is 43.8 Å². The molecule has 9 heteroatoms. The fourth-order valence-corrected chi connectivity index (χ4v) is 4.50. The first-order chi connectivity index (χ1) is 12.4. The molecule has 26 heavy (non-hydrogen) atoms. The van der Waals surface area contributed by atoms with Crippen LogP contribution in [-0.2, 0) is 15.8 Å². The zero-order chi connectivity index (χ0) is 18.7. The Labute approximate surface area is 150 Å². The van der Waals surface area contributed by atoms with Crippen LogP contribution in [0.3, 0.4) is 0 Å². The van der Waals surface area contributed by atoms with Crippen LogP contribution in [0.4, 0.5) is 15.8 Å². The summed E-state index contributed by atoms with van der Waals surface area (Å²) >= 11 is 0. The number of piperazine rings is 1. The van der Waals surface area contributed by atoms with E-state index in [9.17, 15) is 22.9 Å². The largest absolute Gasteiger partial charge is 0.363 e. The zero-order valence-corrected chi connectivity index (χ0v) is 14.7. The number of sulfonamides is 1. The molecule has 0 aliphatic carbocycles. The van der Waals surface area contributed by atoms with Gasteiger partial charge in [0.2, 0.25) is 10.0 Å². The maximum absolute atomic E-state index is 13.5. The van der Waals surface area contributed by atoms with Gasteiger partial charge in [0.15, 0.2) is 0 Å². The molecule has 0 radical (unpaired) electrons. The van der Waals surface area contributed by atoms with Gasteiger partial charge in [-0.1, -0.05) is 30.3 Å². The third-order valence-corrected chi connectivity index (χ3v) is 6.15. The van der Waals surface area contributed by atoms with E-state index in [2.05, 4.69) is 0 Å². The van der Waals surface area contributed by atoms with Crippen molar-refractivity contribution in [2.45, 2.75) is 5.75 Å². The second-order valence-electron chi connectivity index (χ2n) is 6.02. The average Bonchev–Trinajstić information content (AvgIpc) is 2.62. The molecule has 0 unspecified atom stereocenters. The Kier molecular flexibility index (Phi) is 5.19. The smallest absolute Gasteiger partial charge is 0.292 e. The molecule has 1 heterocycles. The molecule has 0 atom stereocenters. The van der Waals surface area contributed by atoms with Gasteiger partial charge >= 0.3 is 0 Å². The van der Waals surface area contributed by atoms with Gasteiger partial charge in [0.05, 0.1) is 10.7 Å². The molecule has 2 aromatic rings. The molecule has 0 spiro atoms. The third-order valence-electron chi connectivity index (χ3n) is 4.30. The summed E-state index contributed by atoms with van der Waals surface area (Å²) in [4.78, 5) is 12.2. The van der Waals surface area contributed by atoms with Crippen LogP contribution in [0.1, 0.15) is 5.56 Å². The third kappa shape index (κ3) is 4.00. The van der Waals surface area contributed by atoms with Crippen molar-refractivity contribution in [3.05, 3.63) is 70.0 Å². The lowest BCUT2D eigenvalue weighted by atomic mass is 10.2. The molecule has 0 saturated carbocycles. The van der Waals surface area contributed by atoms with E-state index in [1.807, 2.05) is 6.07 Å². The van der Waals surface area contributed by atoms with Crippen LogP contribution in [0.15, 0.2) is 48.5 Å². The van der Waals surface area contributed by atoms with Crippen molar-refractivity contribution in [1.82, 2.24) is 4.31 Å². The summed E-state index contributed by atoms with van der Waals surface area (Å²) < 4.78 is 40.0. The molecular formula is C17H18FN3O4S. The van der Waals surface area contributed by atoms with Crippen molar-refractivity contribution >= 4 is 21.4 Å². The van der Waals surface area contributed by atoms with Gasteiger partial charge in [-0.25, -0.2) is 12.8 Å². The van der Waals surface area contributed by atoms with E-state index in [-0.39, 0.29) is 43.3 Å². The second-order valence-corrected chi connectivity index (χ2v) is 7.99. The summed E-state index contributed by atoms with van der Waals surface area (Å²) in [6.07, 6.45) is 0. The number of hydrogen-bond donors (Lipinski definition) is 0. The van der Waals surface area contributed by atoms with Crippen LogP contribution in [0.5, 0.6) is 0 Å². The van der Waals surface area contributed by atoms with E-state index in [0.717, 1.165) is 18.2 Å². The number of hydrogen-bond acceptors (Lipinski definition) is 5. The van der Waals surface area contributed by atoms with Gasteiger partial charge in [0.25, 0.3) is 5.69 Å². The molecule has 7 nitrogen and oxygen atoms in total. The van der Waals surface area contributed by atoms with Gasteiger partial charge in [-0.2, -0.15) is 4.31 Å². The fourth-order valence-electron chi connectivity index (χ4n) is 2.99. The predicted octanol–water partition coefficient (Wildman–Crippen LogP) is 2.39. The number of nitro benzene ring substituents is 1. The van der Waals surface area contributed by atoms with E-state index in [1.165, 1.54) is 4.31 Å². The highest BCUT2D eigenvalue weighted by atomic mass is 32.2. The van der Waals surface area contributed by atoms with Crippen molar-refractivity contribution in [2.24, 2.45) is 0 Å². The average molecular weight is 379 g/mol. The summed E-state index contributed by atoms with van der Waals surface area (Å²) in [5, 5.41) is 11.2. The number of benzene rings is 2. The molecule has 0 amide bonds. The molecule has 0 bridgehead atoms. The van der Waals surface area contributed by atoms with Gasteiger partial charge in [-0.05, 0) is 11.6 Å². The molecule has 138 valence electrons. The number of nitro groups is 1. The summed E-state index contributed by atoms with van der Waals surface area (Å²) in [6.45, 7) is 0.919. The minimum atomic E-state index is -3.48. The Balaban J connectivity index is 1.72. The molecule has 2 aromatic carbocycles. The summed E-state index contributed by atoms with van der Waals surface area (Å²) in [6, 6.07) is 12.2. The first-order valence-corrected chi connectivity index (χ1v) is 9.68. The number of nitrogens with zero attached hydrogens (tertiary/aromatic N) is 3. The molecule has 1 aliphatic rings. The van der Waals surface area contributed by atoms with E-state index < -0.39 is 20.8 Å². The molecule has 1 saturated heterocycles. The van der Waals surface area contributed by atoms with Crippen molar-refractivity contribution in [2.75, 3.05) is 31.1 Å². The van der Waals surface area contributed by atoms with Crippen LogP contribution < -0.4 is 4.90 Å². The van der Waals surface area contributed by atoms with E-state index in [1.54, 1.807) is 29.2 Å². The van der Waals surface area contributed by atoms with Crippen molar-refractivity contribution in [3.8, 4) is 0 Å². The van der Waals surface area contributed by atoms with Crippen LogP contribution >= 0.6 is 0 Å². The summed E-state index contributed by atoms with van der Waals surface area (Å²) in [5.41, 5.74) is 0.692. The van der Waals surface area contributed by atoms with E-state index in [0.29, 0.717) is 5.56 Å². The monoisotopic (exact) mass is 379 g/mol. The number of anilines is 1. The van der Waals surface area contributed by atoms with Gasteiger partial charge in [0, 0.05) is 38.3 Å². The molecule has 0 N–H and O–H groups in total. The van der Waals surface area contributed by atoms with Gasteiger partial charge in [-0.15, -0.1) is 0 Å². The van der Waals surface area contributed by atoms with Crippen LogP contribution in [0, 0.1) is 15.9 Å². The Morgan fingerprint density at radius 1 is 1.04 bits per heavy atom. The van der Waals surface area contributed by atoms with Crippen molar-refractivity contribution in [3.63, 3.8) is 0 Å². The Bertz CT molecular complexity index is 897. The lowest BCUT2D eigenvalue weighted by molar-refractivity contribution is -0.384. The van der Waals surface area contributed by atoms with E-state index >= 15 is 0 Å². The van der Waals surface area contributed by atoms with Crippen molar-refractivity contribution < 1.29 is 17.7 Å². The number of rotatable bonds is 5. The zero-order valence-electron chi connectivity index (χ0n) is 13.9. The minimum absolute atomic E-state index is 0.0893. The normalized spacial score (nSPS) is 15.8. The van der Waals surface area contributed by atoms with E-state index in [4.69, 9.17) is 0 Å². The highest BCUT2D eigenvalue weighted by Crippen LogP contribution is 2.30. The Morgan fingerprint density at radius 3 is 2.31 bits per heavy atom. The second kappa shape index (κ2) is 7.38. The molecule has 3 rings (SSSR count). The Hall–Kier alpha value is -2.52. The van der Waals surface area contributed by atoms with Gasteiger partial charge in [-0.3, -0.25) is 10.1 Å². The topological polar surface area (TPSA) is 83.8 Å². The van der Waals surface area contributed by atoms with Crippen LogP contribution in [0.25, 0.3) is 0 Å². The molecular weight excluding hydrogens is 361 g/mol. The van der Waals surface area contributed by atoms with Crippen LogP contribution in [0.2, 0.25) is 0 Å². The predicted molar refractivity (Wildman–Crippen MR) is 95.9 cm³/mol. The fraction of sp³-hybridized carbons (Fsp3) is 0.294. The van der Waals surface area contributed by atoms with Gasteiger partial charge in [0.1, 0.15) is 11.5 Å². The maximum Gasteiger partial charge on any atom is 0.292 e. The summed E-state index contributed by atoms with van der Waals surface area (Å²) in [5.74, 6) is -0.654. The summed E-state index contributed by atoms with van der Waals surface area (Å²) in [7, 11) is -3.48. The lowest BCUT2D eigenvalue weighted by Crippen LogP contribution is -2.49.